The first-order chi connectivity index (χ1) is 14.0. The van der Waals surface area contributed by atoms with Crippen molar-refractivity contribution in [1.29, 1.82) is 0 Å². The summed E-state index contributed by atoms with van der Waals surface area (Å²) in [6.07, 6.45) is 0.894. The van der Waals surface area contributed by atoms with Crippen LogP contribution < -0.4 is 10.6 Å². The van der Waals surface area contributed by atoms with Crippen molar-refractivity contribution in [3.63, 3.8) is 0 Å². The zero-order valence-corrected chi connectivity index (χ0v) is 16.0. The maximum Gasteiger partial charge on any atom is 0.279 e. The molecule has 0 aliphatic rings. The van der Waals surface area contributed by atoms with Crippen molar-refractivity contribution < 1.29 is 23.3 Å². The van der Waals surface area contributed by atoms with Crippen LogP contribution in [0.4, 0.5) is 18.9 Å². The van der Waals surface area contributed by atoms with Crippen molar-refractivity contribution >= 4 is 11.6 Å². The number of amides is 1. The molecule has 0 heterocycles. The Labute approximate surface area is 167 Å². The van der Waals surface area contributed by atoms with Crippen LogP contribution in [-0.2, 0) is 11.2 Å². The Hall–Kier alpha value is -3.12. The van der Waals surface area contributed by atoms with Crippen LogP contribution in [0, 0.1) is 17.5 Å². The van der Waals surface area contributed by atoms with Gasteiger partial charge in [0.25, 0.3) is 5.91 Å². The van der Waals surface area contributed by atoms with E-state index in [0.717, 1.165) is 24.1 Å². The van der Waals surface area contributed by atoms with Gasteiger partial charge in [-0.1, -0.05) is 49.4 Å². The molecular formula is C23H22F3N2O+. The summed E-state index contributed by atoms with van der Waals surface area (Å²) < 4.78 is 41.3. The summed E-state index contributed by atoms with van der Waals surface area (Å²) >= 11 is 0. The van der Waals surface area contributed by atoms with Gasteiger partial charge in [0.1, 0.15) is 29.2 Å². The first-order valence-corrected chi connectivity index (χ1v) is 9.39. The molecular weight excluding hydrogens is 377 g/mol. The lowest BCUT2D eigenvalue weighted by molar-refractivity contribution is -0.676. The molecule has 0 saturated carbocycles. The summed E-state index contributed by atoms with van der Waals surface area (Å²) in [6, 6.07) is 17.1. The Morgan fingerprint density at radius 3 is 2.21 bits per heavy atom. The molecule has 6 heteroatoms. The SMILES string of the molecule is CCc1ccc([C@@H]([NH2+]CC(=O)Nc2c(F)cccc2F)c2cccc(F)c2)cc1. The zero-order chi connectivity index (χ0) is 20.8. The van der Waals surface area contributed by atoms with Crippen LogP contribution in [0.1, 0.15) is 29.7 Å². The molecule has 1 atom stereocenters. The molecule has 0 spiro atoms. The highest BCUT2D eigenvalue weighted by Crippen LogP contribution is 2.20. The van der Waals surface area contributed by atoms with E-state index >= 15 is 0 Å². The molecule has 3 rings (SSSR count). The Kier molecular flexibility index (Phi) is 6.67. The lowest BCUT2D eigenvalue weighted by Gasteiger charge is -2.17. The molecule has 3 aromatic carbocycles. The Morgan fingerprint density at radius 2 is 1.59 bits per heavy atom. The first-order valence-electron chi connectivity index (χ1n) is 9.39. The number of carbonyl (C=O) groups excluding carboxylic acids is 1. The lowest BCUT2D eigenvalue weighted by atomic mass is 9.97. The maximum absolute atomic E-state index is 13.8. The number of hydrogen-bond donors (Lipinski definition) is 2. The Balaban J connectivity index is 1.78. The van der Waals surface area contributed by atoms with Gasteiger partial charge in [0.2, 0.25) is 0 Å². The van der Waals surface area contributed by atoms with Crippen LogP contribution in [0.15, 0.2) is 66.7 Å². The highest BCUT2D eigenvalue weighted by Gasteiger charge is 2.21. The normalized spacial score (nSPS) is 11.9. The molecule has 3 N–H and O–H groups in total. The van der Waals surface area contributed by atoms with E-state index in [4.69, 9.17) is 0 Å². The van der Waals surface area contributed by atoms with Crippen LogP contribution >= 0.6 is 0 Å². The van der Waals surface area contributed by atoms with E-state index in [9.17, 15) is 18.0 Å². The predicted molar refractivity (Wildman–Crippen MR) is 106 cm³/mol. The second-order valence-corrected chi connectivity index (χ2v) is 6.71. The molecule has 3 nitrogen and oxygen atoms in total. The number of para-hydroxylation sites is 1. The fraction of sp³-hybridized carbons (Fsp3) is 0.174. The van der Waals surface area contributed by atoms with Gasteiger partial charge in [-0.2, -0.15) is 0 Å². The fourth-order valence-corrected chi connectivity index (χ4v) is 3.16. The molecule has 3 aromatic rings. The molecule has 0 aliphatic heterocycles. The van der Waals surface area contributed by atoms with E-state index < -0.39 is 23.2 Å². The minimum absolute atomic E-state index is 0.0928. The number of aryl methyl sites for hydroxylation is 1. The second-order valence-electron chi connectivity index (χ2n) is 6.71. The van der Waals surface area contributed by atoms with Crippen LogP contribution in [0.2, 0.25) is 0 Å². The largest absolute Gasteiger partial charge is 0.328 e. The molecule has 0 unspecified atom stereocenters. The summed E-state index contributed by atoms with van der Waals surface area (Å²) in [4.78, 5) is 12.3. The van der Waals surface area contributed by atoms with Gasteiger partial charge in [-0.05, 0) is 36.2 Å². The van der Waals surface area contributed by atoms with Crippen LogP contribution in [-0.4, -0.2) is 12.5 Å². The number of halogens is 3. The molecule has 0 saturated heterocycles. The van der Waals surface area contributed by atoms with Gasteiger partial charge >= 0.3 is 0 Å². The number of quaternary nitrogens is 1. The van der Waals surface area contributed by atoms with E-state index in [-0.39, 0.29) is 18.4 Å². The fourth-order valence-electron chi connectivity index (χ4n) is 3.16. The summed E-state index contributed by atoms with van der Waals surface area (Å²) in [7, 11) is 0. The minimum Gasteiger partial charge on any atom is -0.328 e. The second kappa shape index (κ2) is 9.39. The maximum atomic E-state index is 13.8. The van der Waals surface area contributed by atoms with E-state index in [1.54, 1.807) is 17.4 Å². The third-order valence-electron chi connectivity index (χ3n) is 4.72. The predicted octanol–water partition coefficient (Wildman–Crippen LogP) is 3.96. The van der Waals surface area contributed by atoms with Gasteiger partial charge in [-0.25, -0.2) is 13.2 Å². The standard InChI is InChI=1S/C23H21F3N2O/c1-2-15-9-11-16(12-10-15)22(17-5-3-6-18(24)13-17)27-14-21(29)28-23-19(25)7-4-8-20(23)26/h3-13,22,27H,2,14H2,1H3,(H,28,29)/p+1/t22-/m1/s1. The van der Waals surface area contributed by atoms with E-state index in [2.05, 4.69) is 12.2 Å². The number of anilines is 1. The Morgan fingerprint density at radius 1 is 0.931 bits per heavy atom. The molecule has 29 heavy (non-hydrogen) atoms. The molecule has 0 aromatic heterocycles. The monoisotopic (exact) mass is 399 g/mol. The van der Waals surface area contributed by atoms with Crippen molar-refractivity contribution in [1.82, 2.24) is 0 Å². The molecule has 0 fully saturated rings. The van der Waals surface area contributed by atoms with E-state index in [1.807, 2.05) is 24.3 Å². The van der Waals surface area contributed by atoms with Gasteiger partial charge in [0, 0.05) is 11.1 Å². The number of nitrogens with one attached hydrogen (secondary N) is 1. The number of carbonyl (C=O) groups is 1. The van der Waals surface area contributed by atoms with Crippen molar-refractivity contribution in [3.05, 3.63) is 101 Å². The van der Waals surface area contributed by atoms with Gasteiger partial charge in [0.05, 0.1) is 0 Å². The lowest BCUT2D eigenvalue weighted by Crippen LogP contribution is -2.87. The van der Waals surface area contributed by atoms with Crippen LogP contribution in [0.3, 0.4) is 0 Å². The molecule has 1 amide bonds. The van der Waals surface area contributed by atoms with Crippen molar-refractivity contribution in [2.45, 2.75) is 19.4 Å². The van der Waals surface area contributed by atoms with Crippen LogP contribution in [0.5, 0.6) is 0 Å². The third-order valence-corrected chi connectivity index (χ3v) is 4.72. The van der Waals surface area contributed by atoms with Gasteiger partial charge in [-0.3, -0.25) is 4.79 Å². The van der Waals surface area contributed by atoms with Crippen molar-refractivity contribution in [3.8, 4) is 0 Å². The highest BCUT2D eigenvalue weighted by molar-refractivity contribution is 5.91. The average molecular weight is 399 g/mol. The summed E-state index contributed by atoms with van der Waals surface area (Å²) in [5, 5.41) is 3.98. The number of hydrogen-bond acceptors (Lipinski definition) is 1. The summed E-state index contributed by atoms with van der Waals surface area (Å²) in [5.41, 5.74) is 2.29. The highest BCUT2D eigenvalue weighted by atomic mass is 19.1. The minimum atomic E-state index is -0.838. The summed E-state index contributed by atoms with van der Waals surface area (Å²) in [5.74, 6) is -2.60. The van der Waals surface area contributed by atoms with Crippen molar-refractivity contribution in [2.24, 2.45) is 0 Å². The topological polar surface area (TPSA) is 45.7 Å². The Bertz CT molecular complexity index is 969. The van der Waals surface area contributed by atoms with Gasteiger partial charge in [0.15, 0.2) is 6.54 Å². The van der Waals surface area contributed by atoms with Gasteiger partial charge < -0.3 is 10.6 Å². The molecule has 0 radical (unpaired) electrons. The number of rotatable bonds is 7. The average Bonchev–Trinajstić information content (AvgIpc) is 2.71. The van der Waals surface area contributed by atoms with Gasteiger partial charge in [-0.15, -0.1) is 0 Å². The molecule has 150 valence electrons. The number of nitrogens with two attached hydrogens (primary N) is 1. The van der Waals surface area contributed by atoms with E-state index in [1.165, 1.54) is 23.8 Å². The molecule has 0 aliphatic carbocycles. The smallest absolute Gasteiger partial charge is 0.279 e. The summed E-state index contributed by atoms with van der Waals surface area (Å²) in [6.45, 7) is 1.96. The quantitative estimate of drug-likeness (QED) is 0.621. The molecule has 0 bridgehead atoms. The van der Waals surface area contributed by atoms with E-state index in [0.29, 0.717) is 5.56 Å². The third kappa shape index (κ3) is 5.23. The zero-order valence-electron chi connectivity index (χ0n) is 16.0. The van der Waals surface area contributed by atoms with Crippen molar-refractivity contribution in [2.75, 3.05) is 11.9 Å². The first kappa shape index (κ1) is 20.6. The van der Waals surface area contributed by atoms with Crippen LogP contribution in [0.25, 0.3) is 0 Å². The number of benzene rings is 3.